The van der Waals surface area contributed by atoms with Crippen LogP contribution in [0.3, 0.4) is 0 Å². The number of nitrogens with one attached hydrogen (secondary N) is 2. The Kier molecular flexibility index (Phi) is 23.2. The molecule has 4 saturated heterocycles. The van der Waals surface area contributed by atoms with Crippen molar-refractivity contribution in [2.24, 2.45) is 0 Å². The number of carbonyl (C=O) groups is 3. The Morgan fingerprint density at radius 2 is 1.04 bits per heavy atom. The maximum absolute atomic E-state index is 12.7. The van der Waals surface area contributed by atoms with Crippen molar-refractivity contribution in [3.8, 4) is 0 Å². The summed E-state index contributed by atoms with van der Waals surface area (Å²) < 4.78 is 222. The molecule has 0 saturated carbocycles. The van der Waals surface area contributed by atoms with Crippen LogP contribution in [-0.4, -0.2) is 259 Å². The van der Waals surface area contributed by atoms with Crippen LogP contribution in [0.4, 0.5) is 0 Å². The molecule has 44 heteroatoms. The summed E-state index contributed by atoms with van der Waals surface area (Å²) in [6, 6.07) is 5.50. The van der Waals surface area contributed by atoms with Crippen molar-refractivity contribution in [3.05, 3.63) is 35.9 Å². The van der Waals surface area contributed by atoms with Crippen LogP contribution >= 0.6 is 0 Å². The summed E-state index contributed by atoms with van der Waals surface area (Å²) in [7, 11) is -29.1. The monoisotopic (exact) mass is 1240 g/mol. The van der Waals surface area contributed by atoms with Gasteiger partial charge in [0.1, 0.15) is 73.1 Å². The van der Waals surface area contributed by atoms with Crippen LogP contribution in [0.1, 0.15) is 19.4 Å². The van der Waals surface area contributed by atoms with E-state index < -0.39 is 206 Å². The number of rotatable bonds is 22. The standard InChI is InChI=1S/C26H42N2O37S5.C8H10/c1-4(30)27-7-9(31)13(6(56-23(7)39)3-55-67(43,44)45)58-26-19(65-70(52,53)54)12(34)16(20(62-26)22(37)38)60-24-8(28-66(40,41)42)15(63-68(46,47)48)14(5(2-29)57-24)59-25-18(64-69(49,50)51)11(33)10(32)17(61-25)21(35)36;1-2-8-6-4-3-5-7-8/h5-20,23-26,28-29,31-34,39H,2-3H2,1H3,(H,27,30)(H,35,36)(H,37,38)(H,40,41,42)(H,43,44,45)(H,46,47,48)(H,49,50,51)(H,52,53,54);3-7H,2H2,1H3/t5-,6+,7-,8-,9-,10-,11-,12+,13-,14-,15-,16+,17-,18+,19-,20+,23-,24+,25+,26-;/m1./s1. The molecule has 4 aliphatic heterocycles. The number of hydrogen-bond acceptors (Lipinski definition) is 30. The Bertz CT molecular complexity index is 2780. The van der Waals surface area contributed by atoms with E-state index in [0.29, 0.717) is 0 Å². The number of ether oxygens (including phenoxy) is 7. The first-order valence-electron chi connectivity index (χ1n) is 21.4. The molecule has 0 unspecified atom stereocenters. The molecule has 1 aromatic rings. The van der Waals surface area contributed by atoms with E-state index >= 15 is 0 Å². The van der Waals surface area contributed by atoms with Gasteiger partial charge in [-0.05, 0) is 12.0 Å². The van der Waals surface area contributed by atoms with Gasteiger partial charge in [-0.15, -0.1) is 0 Å². The lowest BCUT2D eigenvalue weighted by molar-refractivity contribution is -0.366. The molecule has 5 rings (SSSR count). The minimum Gasteiger partial charge on any atom is -0.479 e. The van der Waals surface area contributed by atoms with E-state index in [1.54, 1.807) is 0 Å². The topological polar surface area (TPSA) is 610 Å². The number of aryl methyl sites for hydroxylation is 1. The predicted octanol–water partition coefficient (Wildman–Crippen LogP) is -8.46. The molecule has 39 nitrogen and oxygen atoms in total. The highest BCUT2D eigenvalue weighted by atomic mass is 32.3. The molecule has 1 amide bonds. The van der Waals surface area contributed by atoms with Gasteiger partial charge in [-0.2, -0.15) is 46.8 Å². The van der Waals surface area contributed by atoms with Crippen molar-refractivity contribution in [2.75, 3.05) is 13.2 Å². The fourth-order valence-electron chi connectivity index (χ4n) is 7.77. The summed E-state index contributed by atoms with van der Waals surface area (Å²) in [6.45, 7) is -0.0775. The van der Waals surface area contributed by atoms with E-state index in [1.165, 1.54) is 10.3 Å². The molecule has 4 aliphatic rings. The maximum Gasteiger partial charge on any atom is 0.397 e. The zero-order valence-corrected chi connectivity index (χ0v) is 43.3. The first-order valence-corrected chi connectivity index (χ1v) is 28.3. The van der Waals surface area contributed by atoms with Gasteiger partial charge in [0.05, 0.1) is 13.2 Å². The molecule has 0 bridgehead atoms. The second-order valence-corrected chi connectivity index (χ2v) is 21.9. The number of aliphatic hydroxyl groups excluding tert-OH is 6. The van der Waals surface area contributed by atoms with E-state index in [9.17, 15) is 116 Å². The molecule has 78 heavy (non-hydrogen) atoms. The lowest BCUT2D eigenvalue weighted by atomic mass is 9.94. The first-order chi connectivity index (χ1) is 35.7. The van der Waals surface area contributed by atoms with Crippen LogP contribution in [0, 0.1) is 0 Å². The van der Waals surface area contributed by atoms with Crippen LogP contribution in [0.2, 0.25) is 0 Å². The molecule has 0 radical (unpaired) electrons. The van der Waals surface area contributed by atoms with Crippen molar-refractivity contribution < 1.29 is 170 Å². The van der Waals surface area contributed by atoms with Gasteiger partial charge in [-0.3, -0.25) is 27.6 Å². The molecule has 1 aromatic carbocycles. The maximum atomic E-state index is 12.7. The smallest absolute Gasteiger partial charge is 0.397 e. The van der Waals surface area contributed by atoms with Gasteiger partial charge in [0.15, 0.2) is 49.6 Å². The number of aliphatic hydroxyl groups is 6. The van der Waals surface area contributed by atoms with Crippen LogP contribution < -0.4 is 10.0 Å². The molecule has 0 aliphatic carbocycles. The summed E-state index contributed by atoms with van der Waals surface area (Å²) in [4.78, 5) is 36.4. The second-order valence-electron chi connectivity index (χ2n) is 16.4. The van der Waals surface area contributed by atoms with Crippen molar-refractivity contribution >= 4 is 69.7 Å². The lowest BCUT2D eigenvalue weighted by Crippen LogP contribution is -2.71. The third-order valence-corrected chi connectivity index (χ3v) is 13.3. The predicted molar refractivity (Wildman–Crippen MR) is 237 cm³/mol. The quantitative estimate of drug-likeness (QED) is 0.0480. The Labute approximate surface area is 440 Å². The number of aliphatic carboxylic acids is 2. The minimum absolute atomic E-state index is 0.840. The second kappa shape index (κ2) is 27.0. The third kappa shape index (κ3) is 19.3. The Hall–Kier alpha value is -3.54. The van der Waals surface area contributed by atoms with Crippen molar-refractivity contribution in [1.82, 2.24) is 10.0 Å². The highest BCUT2D eigenvalue weighted by Gasteiger charge is 2.60. The normalized spacial score (nSPS) is 36.1. The highest BCUT2D eigenvalue weighted by molar-refractivity contribution is 7.83. The molecular weight excluding hydrogens is 1190 g/mol. The van der Waals surface area contributed by atoms with Gasteiger partial charge in [0.25, 0.3) is 0 Å². The summed E-state index contributed by atoms with van der Waals surface area (Å²) in [6.07, 6.45) is -47.9. The fraction of sp³-hybridized carbons (Fsp3) is 0.735. The van der Waals surface area contributed by atoms with Gasteiger partial charge in [-0.1, -0.05) is 37.3 Å². The number of carbonyl (C=O) groups excluding carboxylic acids is 1. The van der Waals surface area contributed by atoms with Crippen LogP contribution in [0.5, 0.6) is 0 Å². The Morgan fingerprint density at radius 3 is 1.49 bits per heavy atom. The molecule has 450 valence electrons. The summed E-state index contributed by atoms with van der Waals surface area (Å²) >= 11 is 0. The zero-order chi connectivity index (χ0) is 59.2. The van der Waals surface area contributed by atoms with Crippen LogP contribution in [0.15, 0.2) is 30.3 Å². The summed E-state index contributed by atoms with van der Waals surface area (Å²) in [5.41, 5.74) is 1.41. The zero-order valence-electron chi connectivity index (χ0n) is 39.2. The minimum atomic E-state index is -6.09. The number of hydrogen-bond donors (Lipinski definition) is 15. The molecule has 20 atom stereocenters. The molecule has 15 N–H and O–H groups in total. The van der Waals surface area contributed by atoms with Gasteiger partial charge in [0.2, 0.25) is 5.91 Å². The molecule has 0 spiro atoms. The van der Waals surface area contributed by atoms with E-state index in [1.807, 2.05) is 11.4 Å². The average molecular weight is 1240 g/mol. The van der Waals surface area contributed by atoms with E-state index in [-0.39, 0.29) is 0 Å². The average Bonchev–Trinajstić information content (AvgIpc) is 3.29. The summed E-state index contributed by atoms with van der Waals surface area (Å²) in [5.74, 6) is -5.49. The molecule has 4 heterocycles. The lowest BCUT2D eigenvalue weighted by Gasteiger charge is -2.50. The van der Waals surface area contributed by atoms with Crippen LogP contribution in [-0.2, 0) is 123 Å². The van der Waals surface area contributed by atoms with Crippen molar-refractivity contribution in [1.29, 1.82) is 0 Å². The van der Waals surface area contributed by atoms with Crippen LogP contribution in [0.25, 0.3) is 0 Å². The van der Waals surface area contributed by atoms with Crippen molar-refractivity contribution in [2.45, 2.75) is 143 Å². The van der Waals surface area contributed by atoms with E-state index in [2.05, 4.69) is 47.9 Å². The van der Waals surface area contributed by atoms with Gasteiger partial charge in [-0.25, -0.2) is 26.3 Å². The largest absolute Gasteiger partial charge is 0.479 e. The van der Waals surface area contributed by atoms with Gasteiger partial charge < -0.3 is 79.3 Å². The number of amides is 1. The van der Waals surface area contributed by atoms with Gasteiger partial charge in [0, 0.05) is 6.92 Å². The molecule has 4 fully saturated rings. The first kappa shape index (κ1) is 67.0. The number of carboxylic acid groups (broad SMARTS) is 2. The summed E-state index contributed by atoms with van der Waals surface area (Å²) in [5, 5.41) is 86.0. The number of benzene rings is 1. The third-order valence-electron chi connectivity index (χ3n) is 10.9. The Balaban J connectivity index is 0.00000150. The van der Waals surface area contributed by atoms with Gasteiger partial charge >= 0.3 is 63.8 Å². The Morgan fingerprint density at radius 1 is 0.551 bits per heavy atom. The fourth-order valence-corrected chi connectivity index (χ4v) is 10.1. The number of carboxylic acids is 2. The highest BCUT2D eigenvalue weighted by Crippen LogP contribution is 2.37. The van der Waals surface area contributed by atoms with E-state index in [0.717, 1.165) is 13.3 Å². The molecular formula is C34H52N2O37S5. The van der Waals surface area contributed by atoms with Crippen molar-refractivity contribution in [3.63, 3.8) is 0 Å². The SMILES string of the molecule is CC(=O)N[C@@H]1[C@@H](O)[C@H](O[C@@H]2O[C@H](C(=O)O)[C@@H](O[C@@H]3O[C@H](CO)[C@@H](O[C@H]4O[C@@H](C(=O)O)[C@H](O)[C@@H](O)[C@@H]4OS(=O)(=O)O)[C@H](OS(=O)(=O)O)[C@H]3NS(=O)(=O)O)[C@H](O)[C@H]2OS(=O)(=O)O)[C@H](COS(=O)(=O)O)O[C@H]1O.CCc1ccccc1. The molecule has 0 aromatic heterocycles. The van der Waals surface area contributed by atoms with E-state index in [4.69, 9.17) is 37.7 Å².